The van der Waals surface area contributed by atoms with E-state index in [1.807, 2.05) is 51.2 Å². The van der Waals surface area contributed by atoms with Gasteiger partial charge in [-0.15, -0.1) is 0 Å². The number of anilines is 1. The van der Waals surface area contributed by atoms with E-state index >= 15 is 0 Å². The van der Waals surface area contributed by atoms with Gasteiger partial charge in [-0.2, -0.15) is 5.10 Å². The van der Waals surface area contributed by atoms with Crippen molar-refractivity contribution in [2.45, 2.75) is 45.6 Å². The molecule has 1 aromatic carbocycles. The fourth-order valence-electron chi connectivity index (χ4n) is 3.41. The van der Waals surface area contributed by atoms with E-state index in [2.05, 4.69) is 15.4 Å². The molecule has 0 saturated heterocycles. The SMILES string of the molecule is Cc1nn(C)c(C)c1NC(=O)C(C)OC(=O)c1cc(C2CC2)nc2ccccc12. The number of pyridine rings is 1. The molecular formula is C22H24N4O3. The molecule has 2 aromatic heterocycles. The lowest BCUT2D eigenvalue weighted by Gasteiger charge is -2.15. The second kappa shape index (κ2) is 7.31. The molecule has 150 valence electrons. The number of benzene rings is 1. The van der Waals surface area contributed by atoms with Crippen LogP contribution >= 0.6 is 0 Å². The van der Waals surface area contributed by atoms with E-state index in [0.717, 1.165) is 35.1 Å². The second-order valence-corrected chi connectivity index (χ2v) is 7.59. The molecule has 0 aliphatic heterocycles. The number of aromatic nitrogens is 3. The van der Waals surface area contributed by atoms with Crippen molar-refractivity contribution < 1.29 is 14.3 Å². The highest BCUT2D eigenvalue weighted by atomic mass is 16.5. The number of esters is 1. The molecule has 1 N–H and O–H groups in total. The van der Waals surface area contributed by atoms with Crippen LogP contribution in [0.2, 0.25) is 0 Å². The Labute approximate surface area is 169 Å². The van der Waals surface area contributed by atoms with Gasteiger partial charge in [0.25, 0.3) is 5.91 Å². The minimum absolute atomic E-state index is 0.390. The summed E-state index contributed by atoms with van der Waals surface area (Å²) in [5.41, 5.74) is 4.32. The number of hydrogen-bond donors (Lipinski definition) is 1. The van der Waals surface area contributed by atoms with Gasteiger partial charge in [0.05, 0.1) is 28.2 Å². The Hall–Kier alpha value is -3.22. The number of fused-ring (bicyclic) bond motifs is 1. The van der Waals surface area contributed by atoms with Crippen molar-refractivity contribution in [1.82, 2.24) is 14.8 Å². The molecule has 1 unspecified atom stereocenters. The minimum atomic E-state index is -0.946. The van der Waals surface area contributed by atoms with Crippen LogP contribution in [0.3, 0.4) is 0 Å². The maximum absolute atomic E-state index is 12.9. The third-order valence-electron chi connectivity index (χ3n) is 5.36. The Morgan fingerprint density at radius 2 is 1.97 bits per heavy atom. The molecule has 0 bridgehead atoms. The van der Waals surface area contributed by atoms with E-state index in [1.54, 1.807) is 11.6 Å². The fourth-order valence-corrected chi connectivity index (χ4v) is 3.41. The van der Waals surface area contributed by atoms with Crippen LogP contribution in [0.5, 0.6) is 0 Å². The number of rotatable bonds is 5. The molecule has 7 heteroatoms. The Morgan fingerprint density at radius 3 is 2.62 bits per heavy atom. The summed E-state index contributed by atoms with van der Waals surface area (Å²) in [5, 5.41) is 7.84. The molecule has 1 saturated carbocycles. The van der Waals surface area contributed by atoms with Crippen molar-refractivity contribution in [1.29, 1.82) is 0 Å². The van der Waals surface area contributed by atoms with Gasteiger partial charge in [0.1, 0.15) is 0 Å². The van der Waals surface area contributed by atoms with Gasteiger partial charge in [0.2, 0.25) is 0 Å². The second-order valence-electron chi connectivity index (χ2n) is 7.59. The van der Waals surface area contributed by atoms with Crippen molar-refractivity contribution in [3.8, 4) is 0 Å². The first kappa shape index (κ1) is 19.1. The largest absolute Gasteiger partial charge is 0.449 e. The third kappa shape index (κ3) is 3.72. The lowest BCUT2D eigenvalue weighted by atomic mass is 10.1. The summed E-state index contributed by atoms with van der Waals surface area (Å²) in [7, 11) is 1.81. The van der Waals surface area contributed by atoms with E-state index in [4.69, 9.17) is 4.74 Å². The monoisotopic (exact) mass is 392 g/mol. The number of aryl methyl sites for hydroxylation is 2. The number of ether oxygens (including phenoxy) is 1. The highest BCUT2D eigenvalue weighted by Crippen LogP contribution is 2.40. The van der Waals surface area contributed by atoms with Gasteiger partial charge in [0, 0.05) is 24.0 Å². The molecule has 1 aliphatic carbocycles. The van der Waals surface area contributed by atoms with Crippen molar-refractivity contribution >= 4 is 28.5 Å². The summed E-state index contributed by atoms with van der Waals surface area (Å²) >= 11 is 0. The smallest absolute Gasteiger partial charge is 0.339 e. The van der Waals surface area contributed by atoms with Crippen molar-refractivity contribution in [3.05, 3.63) is 53.0 Å². The predicted octanol–water partition coefficient (Wildman–Crippen LogP) is 3.65. The van der Waals surface area contributed by atoms with Crippen LogP contribution in [0.25, 0.3) is 10.9 Å². The Balaban J connectivity index is 1.55. The summed E-state index contributed by atoms with van der Waals surface area (Å²) in [6.45, 7) is 5.26. The zero-order valence-corrected chi connectivity index (χ0v) is 17.0. The van der Waals surface area contributed by atoms with Gasteiger partial charge in [-0.3, -0.25) is 14.5 Å². The summed E-state index contributed by atoms with van der Waals surface area (Å²) < 4.78 is 7.21. The molecular weight excluding hydrogens is 368 g/mol. The first-order valence-electron chi connectivity index (χ1n) is 9.77. The highest BCUT2D eigenvalue weighted by molar-refractivity contribution is 6.05. The first-order valence-corrected chi connectivity index (χ1v) is 9.77. The lowest BCUT2D eigenvalue weighted by Crippen LogP contribution is -2.30. The highest BCUT2D eigenvalue weighted by Gasteiger charge is 2.28. The molecule has 1 atom stereocenters. The van der Waals surface area contributed by atoms with Gasteiger partial charge >= 0.3 is 5.97 Å². The maximum atomic E-state index is 12.9. The summed E-state index contributed by atoms with van der Waals surface area (Å²) in [6.07, 6.45) is 1.23. The molecule has 1 fully saturated rings. The van der Waals surface area contributed by atoms with Crippen LogP contribution < -0.4 is 5.32 Å². The van der Waals surface area contributed by atoms with Gasteiger partial charge in [0.15, 0.2) is 6.10 Å². The average molecular weight is 392 g/mol. The normalized spacial score (nSPS) is 14.6. The van der Waals surface area contributed by atoms with Crippen LogP contribution in [0.15, 0.2) is 30.3 Å². The van der Waals surface area contributed by atoms with Crippen LogP contribution in [0, 0.1) is 13.8 Å². The van der Waals surface area contributed by atoms with Crippen LogP contribution in [0.1, 0.15) is 53.1 Å². The minimum Gasteiger partial charge on any atom is -0.449 e. The number of amides is 1. The quantitative estimate of drug-likeness (QED) is 0.670. The van der Waals surface area contributed by atoms with Crippen molar-refractivity contribution in [3.63, 3.8) is 0 Å². The number of para-hydroxylation sites is 1. The fraction of sp³-hybridized carbons (Fsp3) is 0.364. The molecule has 2 heterocycles. The van der Waals surface area contributed by atoms with Gasteiger partial charge in [-0.25, -0.2) is 4.79 Å². The Morgan fingerprint density at radius 1 is 1.24 bits per heavy atom. The van der Waals surface area contributed by atoms with E-state index < -0.39 is 18.0 Å². The van der Waals surface area contributed by atoms with Gasteiger partial charge in [-0.1, -0.05) is 18.2 Å². The van der Waals surface area contributed by atoms with E-state index in [0.29, 0.717) is 22.9 Å². The standard InChI is InChI=1S/C22H24N4O3/c1-12-20(13(2)26(4)25-12)24-21(27)14(3)29-22(28)17-11-19(15-9-10-15)23-18-8-6-5-7-16(17)18/h5-8,11,14-15H,9-10H2,1-4H3,(H,24,27). The molecule has 0 radical (unpaired) electrons. The van der Waals surface area contributed by atoms with Crippen LogP contribution in [-0.4, -0.2) is 32.7 Å². The van der Waals surface area contributed by atoms with Gasteiger partial charge < -0.3 is 10.1 Å². The maximum Gasteiger partial charge on any atom is 0.339 e. The predicted molar refractivity (Wildman–Crippen MR) is 110 cm³/mol. The lowest BCUT2D eigenvalue weighted by molar-refractivity contribution is -0.123. The molecule has 7 nitrogen and oxygen atoms in total. The molecule has 3 aromatic rings. The first-order chi connectivity index (χ1) is 13.8. The number of hydrogen-bond acceptors (Lipinski definition) is 5. The molecule has 29 heavy (non-hydrogen) atoms. The topological polar surface area (TPSA) is 86.1 Å². The molecule has 4 rings (SSSR count). The van der Waals surface area contributed by atoms with E-state index in [-0.39, 0.29) is 0 Å². The number of nitrogens with one attached hydrogen (secondary N) is 1. The molecule has 1 amide bonds. The zero-order chi connectivity index (χ0) is 20.7. The van der Waals surface area contributed by atoms with Crippen LogP contribution in [0.4, 0.5) is 5.69 Å². The van der Waals surface area contributed by atoms with E-state index in [9.17, 15) is 9.59 Å². The van der Waals surface area contributed by atoms with E-state index in [1.165, 1.54) is 0 Å². The Kier molecular flexibility index (Phi) is 4.82. The van der Waals surface area contributed by atoms with Gasteiger partial charge in [-0.05, 0) is 45.7 Å². The number of nitrogens with zero attached hydrogens (tertiary/aromatic N) is 3. The summed E-state index contributed by atoms with van der Waals surface area (Å²) in [4.78, 5) is 30.2. The van der Waals surface area contributed by atoms with Crippen LogP contribution in [-0.2, 0) is 16.6 Å². The van der Waals surface area contributed by atoms with Crippen molar-refractivity contribution in [2.24, 2.45) is 7.05 Å². The van der Waals surface area contributed by atoms with Crippen molar-refractivity contribution in [2.75, 3.05) is 5.32 Å². The number of carbonyl (C=O) groups is 2. The molecule has 0 spiro atoms. The Bertz CT molecular complexity index is 1110. The average Bonchev–Trinajstić information content (AvgIpc) is 3.52. The summed E-state index contributed by atoms with van der Waals surface area (Å²) in [6, 6.07) is 9.31. The number of carbonyl (C=O) groups excluding carboxylic acids is 2. The zero-order valence-electron chi connectivity index (χ0n) is 17.0. The summed E-state index contributed by atoms with van der Waals surface area (Å²) in [5.74, 6) is -0.505. The third-order valence-corrected chi connectivity index (χ3v) is 5.36. The molecule has 1 aliphatic rings.